The fourth-order valence-corrected chi connectivity index (χ4v) is 2.18. The van der Waals surface area contributed by atoms with Crippen LogP contribution in [0.2, 0.25) is 0 Å². The van der Waals surface area contributed by atoms with Gasteiger partial charge in [0, 0.05) is 6.04 Å². The van der Waals surface area contributed by atoms with Crippen LogP contribution in [0, 0.1) is 6.92 Å². The van der Waals surface area contributed by atoms with E-state index in [-0.39, 0.29) is 18.0 Å². The molecule has 0 spiro atoms. The van der Waals surface area contributed by atoms with Crippen molar-refractivity contribution >= 4 is 16.9 Å². The monoisotopic (exact) mass is 245 g/mol. The zero-order valence-corrected chi connectivity index (χ0v) is 11.3. The molecule has 2 rings (SSSR count). The lowest BCUT2D eigenvalue weighted by molar-refractivity contribution is -0.124. The molecule has 0 aliphatic heterocycles. The summed E-state index contributed by atoms with van der Waals surface area (Å²) >= 11 is 0. The van der Waals surface area contributed by atoms with E-state index in [4.69, 9.17) is 0 Å². The molecule has 4 heteroatoms. The van der Waals surface area contributed by atoms with E-state index >= 15 is 0 Å². The molecule has 96 valence electrons. The molecule has 1 amide bonds. The molecule has 0 radical (unpaired) electrons. The van der Waals surface area contributed by atoms with Crippen LogP contribution in [0.25, 0.3) is 11.0 Å². The number of carbonyl (C=O) groups excluding carboxylic acids is 1. The number of hydrogen-bond donors (Lipinski definition) is 1. The summed E-state index contributed by atoms with van der Waals surface area (Å²) in [4.78, 5) is 16.6. The molecule has 0 saturated heterocycles. The van der Waals surface area contributed by atoms with E-state index < -0.39 is 0 Å². The maximum atomic E-state index is 12.1. The first-order chi connectivity index (χ1) is 8.50. The van der Waals surface area contributed by atoms with E-state index in [1.807, 2.05) is 56.5 Å². The number of nitrogens with zero attached hydrogens (tertiary/aromatic N) is 2. The Morgan fingerprint density at radius 2 is 1.94 bits per heavy atom. The van der Waals surface area contributed by atoms with Crippen LogP contribution >= 0.6 is 0 Å². The zero-order chi connectivity index (χ0) is 13.3. The second-order valence-corrected chi connectivity index (χ2v) is 4.86. The van der Waals surface area contributed by atoms with E-state index in [1.54, 1.807) is 0 Å². The molecular weight excluding hydrogens is 226 g/mol. The van der Waals surface area contributed by atoms with Crippen LogP contribution in [0.15, 0.2) is 24.3 Å². The Hall–Kier alpha value is -1.84. The highest BCUT2D eigenvalue weighted by Gasteiger charge is 2.19. The van der Waals surface area contributed by atoms with Crippen molar-refractivity contribution in [2.45, 2.75) is 39.8 Å². The van der Waals surface area contributed by atoms with Gasteiger partial charge in [-0.1, -0.05) is 12.1 Å². The Kier molecular flexibility index (Phi) is 3.36. The zero-order valence-electron chi connectivity index (χ0n) is 11.3. The molecule has 18 heavy (non-hydrogen) atoms. The molecule has 2 aromatic rings. The number of benzene rings is 1. The molecule has 0 aliphatic carbocycles. The van der Waals surface area contributed by atoms with E-state index in [0.717, 1.165) is 16.9 Å². The number of rotatable bonds is 3. The standard InChI is InChI=1S/C14H19N3O/c1-9(2)15-14(18)10(3)17-11(4)16-12-7-5-6-8-13(12)17/h5-10H,1-4H3,(H,15,18). The molecule has 1 N–H and O–H groups in total. The van der Waals surface area contributed by atoms with Crippen molar-refractivity contribution in [3.8, 4) is 0 Å². The molecule has 0 aliphatic rings. The topological polar surface area (TPSA) is 46.9 Å². The number of amides is 1. The number of carbonyl (C=O) groups is 1. The fraction of sp³-hybridized carbons (Fsp3) is 0.429. The third-order valence-corrected chi connectivity index (χ3v) is 2.97. The van der Waals surface area contributed by atoms with Crippen molar-refractivity contribution in [2.75, 3.05) is 0 Å². The van der Waals surface area contributed by atoms with Gasteiger partial charge in [-0.05, 0) is 39.8 Å². The summed E-state index contributed by atoms with van der Waals surface area (Å²) in [6.45, 7) is 7.75. The second kappa shape index (κ2) is 4.80. The molecule has 0 saturated carbocycles. The predicted molar refractivity (Wildman–Crippen MR) is 72.5 cm³/mol. The van der Waals surface area contributed by atoms with Crippen molar-refractivity contribution in [2.24, 2.45) is 0 Å². The Bertz CT molecular complexity index is 571. The van der Waals surface area contributed by atoms with Gasteiger partial charge in [-0.2, -0.15) is 0 Å². The third kappa shape index (κ3) is 2.23. The normalized spacial score (nSPS) is 12.9. The second-order valence-electron chi connectivity index (χ2n) is 4.86. The average molecular weight is 245 g/mol. The van der Waals surface area contributed by atoms with E-state index in [2.05, 4.69) is 10.3 Å². The van der Waals surface area contributed by atoms with Gasteiger partial charge < -0.3 is 9.88 Å². The van der Waals surface area contributed by atoms with Gasteiger partial charge in [-0.15, -0.1) is 0 Å². The average Bonchev–Trinajstić information content (AvgIpc) is 2.63. The smallest absolute Gasteiger partial charge is 0.243 e. The molecule has 0 fully saturated rings. The number of para-hydroxylation sites is 2. The van der Waals surface area contributed by atoms with E-state index in [9.17, 15) is 4.79 Å². The number of nitrogens with one attached hydrogen (secondary N) is 1. The van der Waals surface area contributed by atoms with Crippen LogP contribution in [0.1, 0.15) is 32.6 Å². The summed E-state index contributed by atoms with van der Waals surface area (Å²) in [6.07, 6.45) is 0. The summed E-state index contributed by atoms with van der Waals surface area (Å²) in [7, 11) is 0. The molecule has 1 heterocycles. The molecule has 1 atom stereocenters. The number of aromatic nitrogens is 2. The highest BCUT2D eigenvalue weighted by atomic mass is 16.2. The van der Waals surface area contributed by atoms with E-state index in [0.29, 0.717) is 0 Å². The highest BCUT2D eigenvalue weighted by molar-refractivity contribution is 5.84. The quantitative estimate of drug-likeness (QED) is 0.902. The van der Waals surface area contributed by atoms with Gasteiger partial charge in [0.2, 0.25) is 5.91 Å². The summed E-state index contributed by atoms with van der Waals surface area (Å²) in [5.74, 6) is 0.888. The van der Waals surface area contributed by atoms with Crippen LogP contribution in [0.3, 0.4) is 0 Å². The maximum absolute atomic E-state index is 12.1. The minimum absolute atomic E-state index is 0.0243. The fourth-order valence-electron chi connectivity index (χ4n) is 2.18. The van der Waals surface area contributed by atoms with Gasteiger partial charge in [0.05, 0.1) is 11.0 Å². The van der Waals surface area contributed by atoms with Crippen molar-refractivity contribution < 1.29 is 4.79 Å². The Morgan fingerprint density at radius 3 is 2.61 bits per heavy atom. The first-order valence-corrected chi connectivity index (χ1v) is 6.24. The number of hydrogen-bond acceptors (Lipinski definition) is 2. The minimum Gasteiger partial charge on any atom is -0.352 e. The lowest BCUT2D eigenvalue weighted by Crippen LogP contribution is -2.35. The molecule has 1 aromatic carbocycles. The Morgan fingerprint density at radius 1 is 1.28 bits per heavy atom. The lowest BCUT2D eigenvalue weighted by Gasteiger charge is -2.18. The SMILES string of the molecule is Cc1nc2ccccc2n1C(C)C(=O)NC(C)C. The van der Waals surface area contributed by atoms with E-state index in [1.165, 1.54) is 0 Å². The largest absolute Gasteiger partial charge is 0.352 e. The Balaban J connectivity index is 2.41. The number of aryl methyl sites for hydroxylation is 1. The number of fused-ring (bicyclic) bond motifs is 1. The molecule has 4 nitrogen and oxygen atoms in total. The van der Waals surface area contributed by atoms with Crippen LogP contribution in [0.4, 0.5) is 0 Å². The van der Waals surface area contributed by atoms with Crippen LogP contribution in [-0.2, 0) is 4.79 Å². The van der Waals surface area contributed by atoms with Gasteiger partial charge in [0.15, 0.2) is 0 Å². The van der Waals surface area contributed by atoms with Gasteiger partial charge >= 0.3 is 0 Å². The van der Waals surface area contributed by atoms with Crippen molar-refractivity contribution in [1.82, 2.24) is 14.9 Å². The first-order valence-electron chi connectivity index (χ1n) is 6.24. The highest BCUT2D eigenvalue weighted by Crippen LogP contribution is 2.20. The van der Waals surface area contributed by atoms with Crippen molar-refractivity contribution in [1.29, 1.82) is 0 Å². The van der Waals surface area contributed by atoms with Crippen molar-refractivity contribution in [3.63, 3.8) is 0 Å². The van der Waals surface area contributed by atoms with Crippen molar-refractivity contribution in [3.05, 3.63) is 30.1 Å². The molecular formula is C14H19N3O. The predicted octanol–water partition coefficient (Wildman–Crippen LogP) is 2.43. The van der Waals surface area contributed by atoms with Crippen LogP contribution < -0.4 is 5.32 Å². The lowest BCUT2D eigenvalue weighted by atomic mass is 10.2. The van der Waals surface area contributed by atoms with Gasteiger partial charge in [-0.25, -0.2) is 4.98 Å². The summed E-state index contributed by atoms with van der Waals surface area (Å²) in [5.41, 5.74) is 1.93. The molecule has 1 aromatic heterocycles. The summed E-state index contributed by atoms with van der Waals surface area (Å²) in [6, 6.07) is 7.78. The van der Waals surface area contributed by atoms with Gasteiger partial charge in [-0.3, -0.25) is 4.79 Å². The van der Waals surface area contributed by atoms with Crippen LogP contribution in [-0.4, -0.2) is 21.5 Å². The molecule has 0 bridgehead atoms. The maximum Gasteiger partial charge on any atom is 0.243 e. The Labute approximate surface area is 107 Å². The molecule has 1 unspecified atom stereocenters. The van der Waals surface area contributed by atoms with Gasteiger partial charge in [0.25, 0.3) is 0 Å². The van der Waals surface area contributed by atoms with Crippen LogP contribution in [0.5, 0.6) is 0 Å². The minimum atomic E-state index is -0.250. The number of imidazole rings is 1. The summed E-state index contributed by atoms with van der Waals surface area (Å²) in [5, 5.41) is 2.94. The third-order valence-electron chi connectivity index (χ3n) is 2.97. The summed E-state index contributed by atoms with van der Waals surface area (Å²) < 4.78 is 1.98. The first kappa shape index (κ1) is 12.6. The van der Waals surface area contributed by atoms with Gasteiger partial charge in [0.1, 0.15) is 11.9 Å².